The molecule has 1 atom stereocenters. The van der Waals surface area contributed by atoms with Crippen molar-refractivity contribution in [2.24, 2.45) is 0 Å². The van der Waals surface area contributed by atoms with Gasteiger partial charge in [-0.2, -0.15) is 0 Å². The smallest absolute Gasteiger partial charge is 0.260 e. The van der Waals surface area contributed by atoms with E-state index in [2.05, 4.69) is 12.1 Å². The molecular formula is C20H22ClNO2S2. The molecule has 1 aliphatic heterocycles. The van der Waals surface area contributed by atoms with Crippen LogP contribution in [0.1, 0.15) is 28.7 Å². The molecule has 1 heterocycles. The van der Waals surface area contributed by atoms with Gasteiger partial charge in [0, 0.05) is 23.6 Å². The van der Waals surface area contributed by atoms with Crippen molar-refractivity contribution in [1.29, 1.82) is 0 Å². The molecule has 3 nitrogen and oxygen atoms in total. The molecule has 6 heteroatoms. The number of thioether (sulfide) groups is 2. The summed E-state index contributed by atoms with van der Waals surface area (Å²) in [6.07, 6.45) is 0. The first kappa shape index (κ1) is 19.5. The lowest BCUT2D eigenvalue weighted by atomic mass is 10.1. The summed E-state index contributed by atoms with van der Waals surface area (Å²) in [6.45, 7) is 2.02. The van der Waals surface area contributed by atoms with Gasteiger partial charge in [0.25, 0.3) is 5.91 Å². The first-order valence-electron chi connectivity index (χ1n) is 8.51. The number of nitrogens with zero attached hydrogens (tertiary/aromatic N) is 1. The van der Waals surface area contributed by atoms with Crippen LogP contribution >= 0.6 is 35.1 Å². The average Bonchev–Trinajstić information content (AvgIpc) is 3.20. The van der Waals surface area contributed by atoms with Gasteiger partial charge in [-0.05, 0) is 42.3 Å². The molecule has 1 fully saturated rings. The van der Waals surface area contributed by atoms with E-state index in [9.17, 15) is 4.79 Å². The van der Waals surface area contributed by atoms with Crippen molar-refractivity contribution in [1.82, 2.24) is 4.90 Å². The normalized spacial score (nSPS) is 15.7. The highest BCUT2D eigenvalue weighted by atomic mass is 35.5. The first-order valence-corrected chi connectivity index (χ1v) is 11.0. The van der Waals surface area contributed by atoms with E-state index in [1.54, 1.807) is 11.9 Å². The van der Waals surface area contributed by atoms with Crippen molar-refractivity contribution in [3.8, 4) is 5.75 Å². The minimum absolute atomic E-state index is 0.0285. The summed E-state index contributed by atoms with van der Waals surface area (Å²) in [6, 6.07) is 15.6. The summed E-state index contributed by atoms with van der Waals surface area (Å²) in [5.41, 5.74) is 2.35. The molecule has 3 rings (SSSR count). The summed E-state index contributed by atoms with van der Waals surface area (Å²) >= 11 is 9.88. The van der Waals surface area contributed by atoms with Gasteiger partial charge >= 0.3 is 0 Å². The number of halogens is 1. The molecule has 0 bridgehead atoms. The molecular weight excluding hydrogens is 386 g/mol. The third-order valence-corrected chi connectivity index (χ3v) is 7.82. The van der Waals surface area contributed by atoms with Gasteiger partial charge in [0.2, 0.25) is 0 Å². The van der Waals surface area contributed by atoms with E-state index in [-0.39, 0.29) is 18.6 Å². The van der Waals surface area contributed by atoms with E-state index >= 15 is 0 Å². The molecule has 0 aromatic heterocycles. The van der Waals surface area contributed by atoms with Crippen LogP contribution in [-0.2, 0) is 4.79 Å². The van der Waals surface area contributed by atoms with E-state index in [1.165, 1.54) is 17.1 Å². The highest BCUT2D eigenvalue weighted by Gasteiger charge is 2.19. The largest absolute Gasteiger partial charge is 0.484 e. The van der Waals surface area contributed by atoms with E-state index < -0.39 is 0 Å². The van der Waals surface area contributed by atoms with Crippen LogP contribution in [0.2, 0.25) is 5.02 Å². The van der Waals surface area contributed by atoms with Gasteiger partial charge in [-0.15, -0.1) is 23.5 Å². The average molecular weight is 408 g/mol. The zero-order valence-corrected chi connectivity index (χ0v) is 17.2. The van der Waals surface area contributed by atoms with Crippen LogP contribution in [0.3, 0.4) is 0 Å². The first-order chi connectivity index (χ1) is 12.5. The Hall–Kier alpha value is -1.30. The number of amides is 1. The van der Waals surface area contributed by atoms with E-state index in [0.29, 0.717) is 9.60 Å². The maximum absolute atomic E-state index is 12.4. The van der Waals surface area contributed by atoms with E-state index in [4.69, 9.17) is 16.3 Å². The molecule has 0 unspecified atom stereocenters. The standard InChI is InChI=1S/C20H22ClNO2S2/c1-14(15-3-7-17(21)8-4-15)22(2)19(23)13-24-18-9-5-16(6-10-18)20-25-11-12-26-20/h3-10,14,20H,11-13H2,1-2H3/t14-/m0/s1. The molecule has 26 heavy (non-hydrogen) atoms. The number of carbonyl (C=O) groups excluding carboxylic acids is 1. The van der Waals surface area contributed by atoms with Gasteiger partial charge in [-0.1, -0.05) is 35.9 Å². The SMILES string of the molecule is C[C@@H](c1ccc(Cl)cc1)N(C)C(=O)COc1ccc(C2SCCS2)cc1. The number of hydrogen-bond acceptors (Lipinski definition) is 4. The Morgan fingerprint density at radius 3 is 2.38 bits per heavy atom. The zero-order chi connectivity index (χ0) is 18.5. The third kappa shape index (κ3) is 4.90. The maximum Gasteiger partial charge on any atom is 0.260 e. The zero-order valence-electron chi connectivity index (χ0n) is 14.9. The lowest BCUT2D eigenvalue weighted by Crippen LogP contribution is -2.33. The number of carbonyl (C=O) groups is 1. The number of benzene rings is 2. The van der Waals surface area contributed by atoms with Gasteiger partial charge in [0.15, 0.2) is 6.61 Å². The summed E-state index contributed by atoms with van der Waals surface area (Å²) in [7, 11) is 1.79. The molecule has 0 spiro atoms. The van der Waals surface area contributed by atoms with Crippen molar-refractivity contribution >= 4 is 41.0 Å². The number of hydrogen-bond donors (Lipinski definition) is 0. The highest BCUT2D eigenvalue weighted by Crippen LogP contribution is 2.45. The molecule has 0 saturated carbocycles. The van der Waals surface area contributed by atoms with Gasteiger partial charge in [0.1, 0.15) is 5.75 Å². The fourth-order valence-electron chi connectivity index (χ4n) is 2.70. The molecule has 1 amide bonds. The van der Waals surface area contributed by atoms with Crippen molar-refractivity contribution in [2.75, 3.05) is 25.2 Å². The van der Waals surface area contributed by atoms with Crippen molar-refractivity contribution in [2.45, 2.75) is 17.5 Å². The van der Waals surface area contributed by atoms with Crippen LogP contribution in [0.15, 0.2) is 48.5 Å². The topological polar surface area (TPSA) is 29.5 Å². The molecule has 2 aromatic rings. The van der Waals surface area contributed by atoms with E-state index in [0.717, 1.165) is 11.3 Å². The summed E-state index contributed by atoms with van der Waals surface area (Å²) < 4.78 is 6.21. The van der Waals surface area contributed by atoms with Gasteiger partial charge in [-0.25, -0.2) is 0 Å². The monoisotopic (exact) mass is 407 g/mol. The minimum Gasteiger partial charge on any atom is -0.484 e. The summed E-state index contributed by atoms with van der Waals surface area (Å²) in [4.78, 5) is 14.1. The summed E-state index contributed by atoms with van der Waals surface area (Å²) in [5.74, 6) is 3.08. The Balaban J connectivity index is 1.53. The second-order valence-corrected chi connectivity index (χ2v) is 9.32. The van der Waals surface area contributed by atoms with Gasteiger partial charge in [0.05, 0.1) is 10.6 Å². The van der Waals surface area contributed by atoms with Crippen LogP contribution < -0.4 is 4.74 Å². The lowest BCUT2D eigenvalue weighted by molar-refractivity contribution is -0.134. The summed E-state index contributed by atoms with van der Waals surface area (Å²) in [5, 5.41) is 0.691. The molecule has 0 N–H and O–H groups in total. The number of likely N-dealkylation sites (N-methyl/N-ethyl adjacent to an activating group) is 1. The van der Waals surface area contributed by atoms with Crippen molar-refractivity contribution in [3.63, 3.8) is 0 Å². The Morgan fingerprint density at radius 2 is 1.77 bits per heavy atom. The number of ether oxygens (including phenoxy) is 1. The predicted molar refractivity (Wildman–Crippen MR) is 112 cm³/mol. The van der Waals surface area contributed by atoms with Gasteiger partial charge < -0.3 is 9.64 Å². The fraction of sp³-hybridized carbons (Fsp3) is 0.350. The lowest BCUT2D eigenvalue weighted by Gasteiger charge is -2.25. The molecule has 0 radical (unpaired) electrons. The second kappa shape index (κ2) is 9.07. The van der Waals surface area contributed by atoms with Crippen LogP contribution in [-0.4, -0.2) is 36.0 Å². The van der Waals surface area contributed by atoms with E-state index in [1.807, 2.05) is 66.8 Å². The van der Waals surface area contributed by atoms with Crippen LogP contribution in [0.4, 0.5) is 0 Å². The Labute approximate surface area is 168 Å². The maximum atomic E-state index is 12.4. The third-order valence-electron chi connectivity index (χ3n) is 4.46. The fourth-order valence-corrected chi connectivity index (χ4v) is 5.69. The van der Waals surface area contributed by atoms with Crippen molar-refractivity contribution < 1.29 is 9.53 Å². The molecule has 0 aliphatic carbocycles. The minimum atomic E-state index is -0.0570. The van der Waals surface area contributed by atoms with Gasteiger partial charge in [-0.3, -0.25) is 4.79 Å². The van der Waals surface area contributed by atoms with Crippen LogP contribution in [0, 0.1) is 0 Å². The van der Waals surface area contributed by atoms with Crippen LogP contribution in [0.5, 0.6) is 5.75 Å². The quantitative estimate of drug-likeness (QED) is 0.639. The van der Waals surface area contributed by atoms with Crippen molar-refractivity contribution in [3.05, 3.63) is 64.7 Å². The molecule has 1 aliphatic rings. The highest BCUT2D eigenvalue weighted by molar-refractivity contribution is 8.19. The predicted octanol–water partition coefficient (Wildman–Crippen LogP) is 5.42. The Kier molecular flexibility index (Phi) is 6.79. The Bertz CT molecular complexity index is 730. The second-order valence-electron chi connectivity index (χ2n) is 6.16. The number of rotatable bonds is 6. The molecule has 138 valence electrons. The van der Waals surface area contributed by atoms with Crippen LogP contribution in [0.25, 0.3) is 0 Å². The Morgan fingerprint density at radius 1 is 1.15 bits per heavy atom. The molecule has 2 aromatic carbocycles. The molecule has 1 saturated heterocycles.